The van der Waals surface area contributed by atoms with Crippen LogP contribution >= 0.6 is 212 Å². The van der Waals surface area contributed by atoms with Crippen molar-refractivity contribution in [2.45, 2.75) is 132 Å². The van der Waals surface area contributed by atoms with Gasteiger partial charge in [0.2, 0.25) is 0 Å². The van der Waals surface area contributed by atoms with E-state index in [2.05, 4.69) is 89.5 Å². The number of fused-ring (bicyclic) bond motifs is 15. The lowest BCUT2D eigenvalue weighted by atomic mass is 9.78. The van der Waals surface area contributed by atoms with Gasteiger partial charge in [-0.2, -0.15) is 0 Å². The van der Waals surface area contributed by atoms with Crippen molar-refractivity contribution in [2.75, 3.05) is 275 Å². The fourth-order valence-electron chi connectivity index (χ4n) is 12.5. The number of nitrogens with one attached hydrogen (secondary N) is 4. The quantitative estimate of drug-likeness (QED) is 0.0385. The van der Waals surface area contributed by atoms with E-state index in [1.54, 1.807) is 42.7 Å². The van der Waals surface area contributed by atoms with E-state index < -0.39 is 10.8 Å². The predicted octanol–water partition coefficient (Wildman–Crippen LogP) is 20.5. The van der Waals surface area contributed by atoms with Crippen molar-refractivity contribution in [1.29, 1.82) is 0 Å². The van der Waals surface area contributed by atoms with Crippen LogP contribution in [0.5, 0.6) is 0 Å². The molecule has 2 atom stereocenters. The van der Waals surface area contributed by atoms with E-state index in [1.165, 1.54) is 114 Å². The normalized spacial score (nSPS) is 19.3. The highest BCUT2D eigenvalue weighted by Crippen LogP contribution is 2.71. The summed E-state index contributed by atoms with van der Waals surface area (Å²) >= 11 is 34.5. The number of hydrogen-bond acceptors (Lipinski definition) is 37. The summed E-state index contributed by atoms with van der Waals surface area (Å²) in [6, 6.07) is 0.0450. The Bertz CT molecular complexity index is 3620. The zero-order valence-corrected chi connectivity index (χ0v) is 88.0. The molecule has 0 radical (unpaired) electrons. The third kappa shape index (κ3) is 30.9. The number of hydrogen-bond donors (Lipinski definition) is 4. The number of H-pyrrole nitrogens is 3. The summed E-state index contributed by atoms with van der Waals surface area (Å²) in [6.45, 7) is 41.3. The fourth-order valence-corrected chi connectivity index (χ4v) is 39.6. The molecule has 10 heterocycles. The molecule has 7 aliphatic rings. The third-order valence-electron chi connectivity index (χ3n) is 20.1. The maximum Gasteiger partial charge on any atom is 0.0717 e. The Morgan fingerprint density at radius 1 is 0.221 bits per heavy atom. The van der Waals surface area contributed by atoms with E-state index in [-0.39, 0.29) is 22.9 Å². The largest absolute Gasteiger partial charge is 0.382 e. The molecule has 10 rings (SSSR count). The molecule has 0 aromatic carbocycles. The smallest absolute Gasteiger partial charge is 0.0717 e. The van der Waals surface area contributed by atoms with Gasteiger partial charge >= 0.3 is 0 Å². The molecule has 4 N–H and O–H groups in total. The molecule has 0 saturated carbocycles. The Morgan fingerprint density at radius 2 is 0.377 bits per heavy atom. The highest BCUT2D eigenvalue weighted by Gasteiger charge is 2.50. The SMILES string of the molecule is COCCOCCOCCSC1=C(SCCOCCOCCOC)SC(=C2Sc3c4[nH]c(c3S2)C(C)(C)c2[nH]c(c3c2SC(=C2SC(SCCOCCOCCOC)=C(SCCOCCOCCOC)S2)S3)C(C)(C)[C@@H](C)N[C@@H](C)C(C)(C)c2[nH]c(c3c2SC(=C2SC(SCCOCCOCCOC)=C(SCCOCCOCCOC)S2)S3)C4(C)C)S1. The van der Waals surface area contributed by atoms with Gasteiger partial charge in [0, 0.05) is 174 Å². The maximum atomic E-state index is 6.16. The summed E-state index contributed by atoms with van der Waals surface area (Å²) in [5, 5.41) is 4.34. The standard InChI is InChI=1S/C82H126N4O18S18/c1-53-79(3,4)61-55-57(113-73(111-55)76-117-67(105-47-41-99-35-29-93-23-17-87-11)68(118-76)106-48-42-100-36-30-94-24-18-88-12)63(84-61)81(7,8)65-59-60(116-75(115-59)78-121-71(109-51-45-103-39-33-97-27-21-91-15)72(122-78)110-52-46-104-40-34-98-28-22-92-16)66(86-65)82(9,10)64-58-56(62(85-64)80(5,6)54(2)83-53)112-74(114-58)77-119-69(107-49-43-101-37-31-95-25-19-89-13)70(120-77)108-50-44-102-38-32-96-26-20-90-14/h53-54,83-86H,17-52H2,1-16H3/t53-,54+. The first-order valence-corrected chi connectivity index (χ1v) is 56.7. The Hall–Kier alpha value is 1.82. The third-order valence-corrected chi connectivity index (χ3v) is 45.9. The summed E-state index contributed by atoms with van der Waals surface area (Å²) in [4.78, 5) is 21.0. The van der Waals surface area contributed by atoms with E-state index >= 15 is 0 Å². The molecule has 40 heteroatoms. The van der Waals surface area contributed by atoms with Gasteiger partial charge in [0.1, 0.15) is 0 Å². The van der Waals surface area contributed by atoms with Gasteiger partial charge in [-0.15, -0.1) is 70.6 Å². The summed E-state index contributed by atoms with van der Waals surface area (Å²) in [5.41, 5.74) is 5.43. The van der Waals surface area contributed by atoms with E-state index in [9.17, 15) is 0 Å². The zero-order valence-electron chi connectivity index (χ0n) is 73.3. The molecule has 7 aliphatic heterocycles. The average Bonchev–Trinajstić information content (AvgIpc) is 1.54. The molecule has 0 spiro atoms. The zero-order chi connectivity index (χ0) is 86.8. The number of aromatic amines is 3. The van der Waals surface area contributed by atoms with Gasteiger partial charge in [0.05, 0.1) is 249 Å². The number of thioether (sulfide) groups is 18. The van der Waals surface area contributed by atoms with Gasteiger partial charge < -0.3 is 106 Å². The van der Waals surface area contributed by atoms with Crippen LogP contribution in [0.4, 0.5) is 0 Å². The Balaban J connectivity index is 1.01. The van der Waals surface area contributed by atoms with E-state index in [0.717, 1.165) is 34.5 Å². The number of methoxy groups -OCH3 is 6. The molecular weight excluding hydrogens is 1910 g/mol. The molecule has 6 bridgehead atoms. The van der Waals surface area contributed by atoms with Gasteiger partial charge in [-0.1, -0.05) is 169 Å². The van der Waals surface area contributed by atoms with Crippen molar-refractivity contribution >= 4 is 212 Å². The van der Waals surface area contributed by atoms with Crippen LogP contribution in [-0.2, 0) is 107 Å². The molecule has 690 valence electrons. The van der Waals surface area contributed by atoms with Crippen molar-refractivity contribution in [3.05, 3.63) is 85.0 Å². The summed E-state index contributed by atoms with van der Waals surface area (Å²) in [5.74, 6) is 4.92. The topological polar surface area (TPSA) is 226 Å². The minimum Gasteiger partial charge on any atom is -0.382 e. The van der Waals surface area contributed by atoms with Crippen molar-refractivity contribution in [2.24, 2.45) is 0 Å². The number of aromatic nitrogens is 3. The molecule has 122 heavy (non-hydrogen) atoms. The second-order valence-corrected chi connectivity index (χ2v) is 52.0. The number of rotatable bonds is 60. The molecule has 0 saturated heterocycles. The van der Waals surface area contributed by atoms with Gasteiger partial charge in [0.25, 0.3) is 0 Å². The molecule has 0 fully saturated rings. The number of ether oxygens (including phenoxy) is 18. The van der Waals surface area contributed by atoms with Crippen LogP contribution in [0.15, 0.2) is 80.2 Å². The van der Waals surface area contributed by atoms with Gasteiger partial charge in [-0.3, -0.25) is 0 Å². The van der Waals surface area contributed by atoms with Crippen LogP contribution in [0.2, 0.25) is 0 Å². The van der Waals surface area contributed by atoms with Crippen LogP contribution in [-0.4, -0.2) is 302 Å². The summed E-state index contributed by atoms with van der Waals surface area (Å²) in [6.07, 6.45) is 0. The minimum absolute atomic E-state index is 0.0225. The molecular formula is C82H126N4O18S18. The first-order valence-electron chi connectivity index (χ1n) is 41.0. The first kappa shape index (κ1) is 106. The van der Waals surface area contributed by atoms with Crippen molar-refractivity contribution < 1.29 is 85.3 Å². The Labute approximate surface area is 801 Å². The molecule has 3 aromatic heterocycles. The van der Waals surface area contributed by atoms with Crippen LogP contribution in [0.3, 0.4) is 0 Å². The molecule has 0 amide bonds. The van der Waals surface area contributed by atoms with Crippen LogP contribution in [0, 0.1) is 0 Å². The lowest BCUT2D eigenvalue weighted by Crippen LogP contribution is -2.52. The van der Waals surface area contributed by atoms with E-state index in [1.807, 2.05) is 212 Å². The van der Waals surface area contributed by atoms with Crippen molar-refractivity contribution in [1.82, 2.24) is 20.3 Å². The molecule has 3 aromatic rings. The first-order chi connectivity index (χ1) is 59.2. The van der Waals surface area contributed by atoms with Crippen LogP contribution < -0.4 is 5.32 Å². The Morgan fingerprint density at radius 3 is 0.566 bits per heavy atom. The monoisotopic (exact) mass is 2030 g/mol. The minimum atomic E-state index is -0.573. The van der Waals surface area contributed by atoms with Gasteiger partial charge in [-0.05, 0) is 41.5 Å². The molecule has 0 unspecified atom stereocenters. The Kier molecular flexibility index (Phi) is 48.9. The van der Waals surface area contributed by atoms with Gasteiger partial charge in [0.15, 0.2) is 0 Å². The second kappa shape index (κ2) is 56.4. The van der Waals surface area contributed by atoms with E-state index in [0.29, 0.717) is 198 Å². The molecule has 22 nitrogen and oxygen atoms in total. The van der Waals surface area contributed by atoms with Crippen molar-refractivity contribution in [3.63, 3.8) is 0 Å². The average molecular weight is 2030 g/mol. The second-order valence-electron chi connectivity index (χ2n) is 30.0. The highest BCUT2D eigenvalue weighted by molar-refractivity contribution is 8.44. The lowest BCUT2D eigenvalue weighted by Gasteiger charge is -2.40. The predicted molar refractivity (Wildman–Crippen MR) is 533 cm³/mol. The van der Waals surface area contributed by atoms with E-state index in [4.69, 9.17) is 85.3 Å². The molecule has 0 aliphatic carbocycles. The summed E-state index contributed by atoms with van der Waals surface area (Å²) in [7, 11) is 10.2. The van der Waals surface area contributed by atoms with Crippen LogP contribution in [0.1, 0.15) is 103 Å². The van der Waals surface area contributed by atoms with Gasteiger partial charge in [-0.25, -0.2) is 0 Å². The highest BCUT2D eigenvalue weighted by atomic mass is 32.3. The maximum absolute atomic E-state index is 6.16. The lowest BCUT2D eigenvalue weighted by molar-refractivity contribution is 0.0286. The van der Waals surface area contributed by atoms with Crippen LogP contribution in [0.25, 0.3) is 0 Å². The fraction of sp³-hybridized carbons (Fsp3) is 0.707. The van der Waals surface area contributed by atoms with Crippen molar-refractivity contribution in [3.8, 4) is 0 Å². The summed E-state index contributed by atoms with van der Waals surface area (Å²) < 4.78 is 118.